The van der Waals surface area contributed by atoms with Crippen molar-refractivity contribution in [3.05, 3.63) is 0 Å². The summed E-state index contributed by atoms with van der Waals surface area (Å²) in [5.41, 5.74) is 0. The van der Waals surface area contributed by atoms with E-state index in [1.54, 1.807) is 0 Å². The molecule has 2 heteroatoms. The number of carbonyl (C=O) groups is 1. The number of rotatable bonds is 3. The summed E-state index contributed by atoms with van der Waals surface area (Å²) in [7, 11) is 0. The van der Waals surface area contributed by atoms with Crippen LogP contribution in [0.3, 0.4) is 0 Å². The smallest absolute Gasteiger partial charge is 0.306 e. The molecule has 0 amide bonds. The fourth-order valence-electron chi connectivity index (χ4n) is 2.05. The molecular formula is C12H22O2. The van der Waals surface area contributed by atoms with Gasteiger partial charge in [0.25, 0.3) is 0 Å². The summed E-state index contributed by atoms with van der Waals surface area (Å²) in [5.74, 6) is 1.11. The zero-order valence-electron chi connectivity index (χ0n) is 9.58. The van der Waals surface area contributed by atoms with Crippen molar-refractivity contribution < 1.29 is 9.53 Å². The van der Waals surface area contributed by atoms with Gasteiger partial charge in [0.2, 0.25) is 0 Å². The first-order valence-electron chi connectivity index (χ1n) is 5.77. The normalized spacial score (nSPS) is 27.7. The van der Waals surface area contributed by atoms with E-state index < -0.39 is 0 Å². The minimum absolute atomic E-state index is 0.0147. The Bertz CT molecular complexity index is 187. The van der Waals surface area contributed by atoms with Gasteiger partial charge in [0, 0.05) is 6.42 Å². The molecule has 0 spiro atoms. The van der Waals surface area contributed by atoms with E-state index in [-0.39, 0.29) is 12.1 Å². The van der Waals surface area contributed by atoms with Crippen LogP contribution in [-0.2, 0) is 9.53 Å². The number of hydrogen-bond donors (Lipinski definition) is 0. The molecule has 0 N–H and O–H groups in total. The largest absolute Gasteiger partial charge is 0.462 e. The highest BCUT2D eigenvalue weighted by molar-refractivity contribution is 5.69. The van der Waals surface area contributed by atoms with Gasteiger partial charge < -0.3 is 4.74 Å². The molecule has 2 unspecified atom stereocenters. The van der Waals surface area contributed by atoms with Crippen LogP contribution in [0.4, 0.5) is 0 Å². The number of hydrogen-bond acceptors (Lipinski definition) is 2. The average molecular weight is 198 g/mol. The predicted molar refractivity (Wildman–Crippen MR) is 57.0 cm³/mol. The first-order chi connectivity index (χ1) is 6.58. The first-order valence-corrected chi connectivity index (χ1v) is 5.77. The molecule has 2 nitrogen and oxygen atoms in total. The molecule has 0 radical (unpaired) electrons. The lowest BCUT2D eigenvalue weighted by molar-refractivity contribution is -0.152. The van der Waals surface area contributed by atoms with Crippen molar-refractivity contribution in [2.75, 3.05) is 0 Å². The van der Waals surface area contributed by atoms with Crippen LogP contribution in [0.15, 0.2) is 0 Å². The summed E-state index contributed by atoms with van der Waals surface area (Å²) in [6, 6.07) is 0. The van der Waals surface area contributed by atoms with Gasteiger partial charge in [-0.05, 0) is 31.1 Å². The molecule has 82 valence electrons. The zero-order chi connectivity index (χ0) is 10.6. The molecule has 0 aliphatic heterocycles. The van der Waals surface area contributed by atoms with Crippen molar-refractivity contribution in [3.8, 4) is 0 Å². The van der Waals surface area contributed by atoms with E-state index >= 15 is 0 Å². The number of esters is 1. The summed E-state index contributed by atoms with van der Waals surface area (Å²) in [5, 5.41) is 0. The number of ether oxygens (including phenoxy) is 1. The van der Waals surface area contributed by atoms with E-state index in [4.69, 9.17) is 4.74 Å². The van der Waals surface area contributed by atoms with Gasteiger partial charge >= 0.3 is 5.97 Å². The summed E-state index contributed by atoms with van der Waals surface area (Å²) in [4.78, 5) is 11.4. The van der Waals surface area contributed by atoms with Crippen molar-refractivity contribution in [1.29, 1.82) is 0 Å². The maximum Gasteiger partial charge on any atom is 0.306 e. The van der Waals surface area contributed by atoms with Crippen molar-refractivity contribution in [2.45, 2.75) is 59.0 Å². The summed E-state index contributed by atoms with van der Waals surface area (Å²) >= 11 is 0. The van der Waals surface area contributed by atoms with E-state index in [0.29, 0.717) is 12.3 Å². The SMILES string of the molecule is CC(C)CC(=O)OC1CCCC(C)C1. The molecule has 0 heterocycles. The summed E-state index contributed by atoms with van der Waals surface area (Å²) < 4.78 is 5.43. The Balaban J connectivity index is 2.25. The molecule has 2 atom stereocenters. The third-order valence-electron chi connectivity index (χ3n) is 2.76. The van der Waals surface area contributed by atoms with Gasteiger partial charge in [-0.1, -0.05) is 27.2 Å². The van der Waals surface area contributed by atoms with Gasteiger partial charge in [-0.3, -0.25) is 4.79 Å². The number of carbonyl (C=O) groups excluding carboxylic acids is 1. The van der Waals surface area contributed by atoms with E-state index in [0.717, 1.165) is 18.8 Å². The fraction of sp³-hybridized carbons (Fsp3) is 0.917. The quantitative estimate of drug-likeness (QED) is 0.651. The minimum atomic E-state index is -0.0147. The van der Waals surface area contributed by atoms with Crippen LogP contribution < -0.4 is 0 Å². The average Bonchev–Trinajstić information content (AvgIpc) is 2.01. The Morgan fingerprint density at radius 2 is 2.14 bits per heavy atom. The van der Waals surface area contributed by atoms with Gasteiger partial charge in [-0.25, -0.2) is 0 Å². The van der Waals surface area contributed by atoms with Crippen LogP contribution in [0, 0.1) is 11.8 Å². The second-order valence-corrected chi connectivity index (χ2v) is 4.98. The topological polar surface area (TPSA) is 26.3 Å². The Kier molecular flexibility index (Phi) is 4.43. The van der Waals surface area contributed by atoms with Crippen molar-refractivity contribution in [1.82, 2.24) is 0 Å². The van der Waals surface area contributed by atoms with Crippen LogP contribution in [0.2, 0.25) is 0 Å². The molecule has 0 aromatic carbocycles. The monoisotopic (exact) mass is 198 g/mol. The van der Waals surface area contributed by atoms with E-state index in [1.807, 2.05) is 13.8 Å². The van der Waals surface area contributed by atoms with Crippen LogP contribution in [0.5, 0.6) is 0 Å². The molecule has 0 aromatic rings. The van der Waals surface area contributed by atoms with Crippen LogP contribution in [0.1, 0.15) is 52.9 Å². The summed E-state index contributed by atoms with van der Waals surface area (Å²) in [6.45, 7) is 6.33. The minimum Gasteiger partial charge on any atom is -0.462 e. The molecular weight excluding hydrogens is 176 g/mol. The lowest BCUT2D eigenvalue weighted by atomic mass is 9.89. The molecule has 1 rings (SSSR count). The van der Waals surface area contributed by atoms with E-state index in [1.165, 1.54) is 12.8 Å². The van der Waals surface area contributed by atoms with Crippen molar-refractivity contribution in [3.63, 3.8) is 0 Å². The molecule has 1 aliphatic carbocycles. The third-order valence-corrected chi connectivity index (χ3v) is 2.76. The molecule has 1 fully saturated rings. The van der Waals surface area contributed by atoms with E-state index in [2.05, 4.69) is 6.92 Å². The van der Waals surface area contributed by atoms with Crippen molar-refractivity contribution >= 4 is 5.97 Å². The molecule has 14 heavy (non-hydrogen) atoms. The summed E-state index contributed by atoms with van der Waals surface area (Å²) in [6.07, 6.45) is 5.38. The maximum absolute atomic E-state index is 11.4. The Morgan fingerprint density at radius 3 is 2.71 bits per heavy atom. The van der Waals surface area contributed by atoms with Gasteiger partial charge in [0.05, 0.1) is 0 Å². The van der Waals surface area contributed by atoms with Gasteiger partial charge in [0.1, 0.15) is 6.10 Å². The standard InChI is InChI=1S/C12H22O2/c1-9(2)7-12(13)14-11-6-4-5-10(3)8-11/h9-11H,4-8H2,1-3H3. The second kappa shape index (κ2) is 5.38. The molecule has 0 saturated heterocycles. The first kappa shape index (κ1) is 11.5. The second-order valence-electron chi connectivity index (χ2n) is 4.98. The van der Waals surface area contributed by atoms with Gasteiger partial charge in [0.15, 0.2) is 0 Å². The van der Waals surface area contributed by atoms with Gasteiger partial charge in [-0.2, -0.15) is 0 Å². The van der Waals surface area contributed by atoms with Crippen LogP contribution in [0.25, 0.3) is 0 Å². The lowest BCUT2D eigenvalue weighted by Gasteiger charge is -2.26. The van der Waals surface area contributed by atoms with E-state index in [9.17, 15) is 4.79 Å². The predicted octanol–water partition coefficient (Wildman–Crippen LogP) is 3.15. The highest BCUT2D eigenvalue weighted by atomic mass is 16.5. The van der Waals surface area contributed by atoms with Gasteiger partial charge in [-0.15, -0.1) is 0 Å². The van der Waals surface area contributed by atoms with Crippen LogP contribution in [-0.4, -0.2) is 12.1 Å². The molecule has 1 aliphatic rings. The Hall–Kier alpha value is -0.530. The lowest BCUT2D eigenvalue weighted by Crippen LogP contribution is -2.25. The van der Waals surface area contributed by atoms with Crippen molar-refractivity contribution in [2.24, 2.45) is 11.8 Å². The zero-order valence-corrected chi connectivity index (χ0v) is 9.58. The highest BCUT2D eigenvalue weighted by Crippen LogP contribution is 2.26. The maximum atomic E-state index is 11.4. The molecule has 1 saturated carbocycles. The van der Waals surface area contributed by atoms with Crippen LogP contribution >= 0.6 is 0 Å². The highest BCUT2D eigenvalue weighted by Gasteiger charge is 2.22. The Labute approximate surface area is 87.0 Å². The Morgan fingerprint density at radius 1 is 1.43 bits per heavy atom. The molecule has 0 aromatic heterocycles. The molecule has 0 bridgehead atoms. The third kappa shape index (κ3) is 4.12. The fourth-order valence-corrected chi connectivity index (χ4v) is 2.05.